The summed E-state index contributed by atoms with van der Waals surface area (Å²) in [7, 11) is 0. The van der Waals surface area contributed by atoms with E-state index in [9.17, 15) is 8.78 Å². The van der Waals surface area contributed by atoms with Crippen LogP contribution in [0.3, 0.4) is 0 Å². The molecule has 0 aliphatic carbocycles. The van der Waals surface area contributed by atoms with Gasteiger partial charge in [0.05, 0.1) is 6.54 Å². The summed E-state index contributed by atoms with van der Waals surface area (Å²) in [5, 5.41) is 0. The summed E-state index contributed by atoms with van der Waals surface area (Å²) in [6, 6.07) is 10.2. The van der Waals surface area contributed by atoms with Gasteiger partial charge in [-0.15, -0.1) is 0 Å². The molecule has 1 saturated heterocycles. The molecule has 1 aromatic carbocycles. The molecule has 0 N–H and O–H groups in total. The molecule has 1 aliphatic heterocycles. The zero-order valence-electron chi connectivity index (χ0n) is 11.0. The van der Waals surface area contributed by atoms with E-state index in [1.54, 1.807) is 0 Å². The number of benzene rings is 1. The van der Waals surface area contributed by atoms with E-state index in [-0.39, 0.29) is 6.54 Å². The minimum atomic E-state index is -2.22. The van der Waals surface area contributed by atoms with E-state index in [1.165, 1.54) is 5.56 Å². The predicted octanol–water partition coefficient (Wildman–Crippen LogP) is 2.58. The van der Waals surface area contributed by atoms with Crippen molar-refractivity contribution in [1.82, 2.24) is 9.80 Å². The third kappa shape index (κ3) is 5.09. The largest absolute Gasteiger partial charge is 0.297 e. The first kappa shape index (κ1) is 14.2. The minimum absolute atomic E-state index is 0.0896. The fraction of sp³-hybridized carbons (Fsp3) is 0.467. The molecule has 1 fully saturated rings. The number of halogens is 2. The lowest BCUT2D eigenvalue weighted by molar-refractivity contribution is 0.0592. The fourth-order valence-electron chi connectivity index (χ4n) is 2.25. The van der Waals surface area contributed by atoms with Gasteiger partial charge in [0, 0.05) is 32.7 Å². The Balaban J connectivity index is 1.70. The van der Waals surface area contributed by atoms with Gasteiger partial charge in [-0.1, -0.05) is 42.5 Å². The van der Waals surface area contributed by atoms with Gasteiger partial charge in [0.2, 0.25) is 0 Å². The van der Waals surface area contributed by atoms with Crippen LogP contribution in [-0.2, 0) is 0 Å². The van der Waals surface area contributed by atoms with Crippen molar-refractivity contribution in [3.63, 3.8) is 0 Å². The molecule has 0 bridgehead atoms. The van der Waals surface area contributed by atoms with Crippen molar-refractivity contribution in [2.24, 2.45) is 0 Å². The Morgan fingerprint density at radius 1 is 1.00 bits per heavy atom. The molecule has 0 aromatic heterocycles. The maximum atomic E-state index is 12.2. The van der Waals surface area contributed by atoms with Crippen LogP contribution in [-0.4, -0.2) is 55.5 Å². The first-order valence-corrected chi connectivity index (χ1v) is 6.68. The van der Waals surface area contributed by atoms with Crippen LogP contribution >= 0.6 is 0 Å². The van der Waals surface area contributed by atoms with Crippen LogP contribution < -0.4 is 0 Å². The van der Waals surface area contributed by atoms with E-state index >= 15 is 0 Å². The lowest BCUT2D eigenvalue weighted by Crippen LogP contribution is -2.47. The first-order chi connectivity index (χ1) is 9.24. The standard InChI is InChI=1S/C15H20F2N2/c16-15(17)13-19-11-9-18(10-12-19)8-4-7-14-5-2-1-3-6-14/h1-7,15H,8-13H2/b7-4+. The maximum Gasteiger partial charge on any atom is 0.251 e. The summed E-state index contributed by atoms with van der Waals surface area (Å²) in [6.07, 6.45) is 2.02. The molecule has 0 spiro atoms. The molecule has 2 rings (SSSR count). The van der Waals surface area contributed by atoms with Gasteiger partial charge in [-0.2, -0.15) is 0 Å². The predicted molar refractivity (Wildman–Crippen MR) is 74.4 cm³/mol. The Bertz CT molecular complexity index is 384. The Morgan fingerprint density at radius 3 is 2.26 bits per heavy atom. The summed E-state index contributed by atoms with van der Waals surface area (Å²) in [5.41, 5.74) is 1.19. The third-order valence-electron chi connectivity index (χ3n) is 3.33. The molecule has 104 valence electrons. The molecular weight excluding hydrogens is 246 g/mol. The van der Waals surface area contributed by atoms with E-state index in [4.69, 9.17) is 0 Å². The highest BCUT2D eigenvalue weighted by Crippen LogP contribution is 2.06. The maximum absolute atomic E-state index is 12.2. The Morgan fingerprint density at radius 2 is 1.63 bits per heavy atom. The van der Waals surface area contributed by atoms with Gasteiger partial charge in [0.25, 0.3) is 6.43 Å². The van der Waals surface area contributed by atoms with Gasteiger partial charge >= 0.3 is 0 Å². The monoisotopic (exact) mass is 266 g/mol. The molecule has 0 unspecified atom stereocenters. The SMILES string of the molecule is FC(F)CN1CCN(C/C=C/c2ccccc2)CC1. The van der Waals surface area contributed by atoms with E-state index in [2.05, 4.69) is 29.2 Å². The molecule has 1 aromatic rings. The Hall–Kier alpha value is -1.26. The quantitative estimate of drug-likeness (QED) is 0.808. The van der Waals surface area contributed by atoms with Crippen LogP contribution in [0, 0.1) is 0 Å². The van der Waals surface area contributed by atoms with Crippen LogP contribution in [0.2, 0.25) is 0 Å². The zero-order valence-corrected chi connectivity index (χ0v) is 11.0. The summed E-state index contributed by atoms with van der Waals surface area (Å²) >= 11 is 0. The second-order valence-corrected chi connectivity index (χ2v) is 4.81. The average molecular weight is 266 g/mol. The van der Waals surface area contributed by atoms with E-state index in [0.29, 0.717) is 0 Å². The van der Waals surface area contributed by atoms with Crippen LogP contribution in [0.15, 0.2) is 36.4 Å². The minimum Gasteiger partial charge on any atom is -0.297 e. The number of piperazine rings is 1. The lowest BCUT2D eigenvalue weighted by atomic mass is 10.2. The summed E-state index contributed by atoms with van der Waals surface area (Å²) in [6.45, 7) is 4.01. The van der Waals surface area contributed by atoms with Crippen molar-refractivity contribution in [3.05, 3.63) is 42.0 Å². The average Bonchev–Trinajstić information content (AvgIpc) is 2.41. The summed E-state index contributed by atoms with van der Waals surface area (Å²) in [4.78, 5) is 4.13. The molecule has 0 amide bonds. The van der Waals surface area contributed by atoms with Crippen molar-refractivity contribution in [2.45, 2.75) is 6.43 Å². The Kier molecular flexibility index (Phi) is 5.48. The van der Waals surface area contributed by atoms with Gasteiger partial charge < -0.3 is 0 Å². The second kappa shape index (κ2) is 7.36. The van der Waals surface area contributed by atoms with Crippen LogP contribution in [0.5, 0.6) is 0 Å². The van der Waals surface area contributed by atoms with Gasteiger partial charge in [-0.25, -0.2) is 8.78 Å². The number of hydrogen-bond acceptors (Lipinski definition) is 2. The van der Waals surface area contributed by atoms with Gasteiger partial charge in [-0.3, -0.25) is 9.80 Å². The fourth-order valence-corrected chi connectivity index (χ4v) is 2.25. The van der Waals surface area contributed by atoms with Crippen molar-refractivity contribution < 1.29 is 8.78 Å². The van der Waals surface area contributed by atoms with Gasteiger partial charge in [-0.05, 0) is 5.56 Å². The summed E-state index contributed by atoms with van der Waals surface area (Å²) < 4.78 is 24.5. The van der Waals surface area contributed by atoms with Crippen molar-refractivity contribution in [3.8, 4) is 0 Å². The molecule has 1 heterocycles. The highest BCUT2D eigenvalue weighted by molar-refractivity contribution is 5.48. The molecule has 0 saturated carbocycles. The van der Waals surface area contributed by atoms with E-state index in [1.807, 2.05) is 23.1 Å². The van der Waals surface area contributed by atoms with E-state index in [0.717, 1.165) is 32.7 Å². The highest BCUT2D eigenvalue weighted by Gasteiger charge is 2.18. The van der Waals surface area contributed by atoms with Crippen molar-refractivity contribution >= 4 is 6.08 Å². The number of nitrogens with zero attached hydrogens (tertiary/aromatic N) is 2. The third-order valence-corrected chi connectivity index (χ3v) is 3.33. The number of hydrogen-bond donors (Lipinski definition) is 0. The Labute approximate surface area is 113 Å². The molecule has 0 atom stereocenters. The molecule has 0 radical (unpaired) electrons. The topological polar surface area (TPSA) is 6.48 Å². The van der Waals surface area contributed by atoms with Crippen LogP contribution in [0.1, 0.15) is 5.56 Å². The summed E-state index contributed by atoms with van der Waals surface area (Å²) in [5.74, 6) is 0. The van der Waals surface area contributed by atoms with E-state index < -0.39 is 6.43 Å². The second-order valence-electron chi connectivity index (χ2n) is 4.81. The molecule has 2 nitrogen and oxygen atoms in total. The van der Waals surface area contributed by atoms with Gasteiger partial charge in [0.1, 0.15) is 0 Å². The highest BCUT2D eigenvalue weighted by atomic mass is 19.3. The van der Waals surface area contributed by atoms with Crippen LogP contribution in [0.25, 0.3) is 6.08 Å². The smallest absolute Gasteiger partial charge is 0.251 e. The molecule has 19 heavy (non-hydrogen) atoms. The normalized spacial score (nSPS) is 18.5. The number of rotatable bonds is 5. The van der Waals surface area contributed by atoms with Gasteiger partial charge in [0.15, 0.2) is 0 Å². The van der Waals surface area contributed by atoms with Crippen molar-refractivity contribution in [1.29, 1.82) is 0 Å². The van der Waals surface area contributed by atoms with Crippen LogP contribution in [0.4, 0.5) is 8.78 Å². The zero-order chi connectivity index (χ0) is 13.5. The molecular formula is C15H20F2N2. The first-order valence-electron chi connectivity index (χ1n) is 6.68. The lowest BCUT2D eigenvalue weighted by Gasteiger charge is -2.33. The molecule has 1 aliphatic rings. The van der Waals surface area contributed by atoms with Crippen molar-refractivity contribution in [2.75, 3.05) is 39.3 Å². The molecule has 4 heteroatoms. The number of alkyl halides is 2.